The summed E-state index contributed by atoms with van der Waals surface area (Å²) in [7, 11) is 0. The Morgan fingerprint density at radius 3 is 2.95 bits per heavy atom. The number of rotatable bonds is 3. The Bertz CT molecular complexity index is 628. The van der Waals surface area contributed by atoms with Gasteiger partial charge in [0.1, 0.15) is 11.8 Å². The molecule has 3 rings (SSSR count). The summed E-state index contributed by atoms with van der Waals surface area (Å²) in [5.74, 6) is -0.623. The summed E-state index contributed by atoms with van der Waals surface area (Å²) in [4.78, 5) is 12.1. The Kier molecular flexibility index (Phi) is 3.07. The van der Waals surface area contributed by atoms with Crippen molar-refractivity contribution in [2.75, 3.05) is 0 Å². The van der Waals surface area contributed by atoms with Crippen LogP contribution in [0.3, 0.4) is 0 Å². The minimum absolute atomic E-state index is 0.0185. The first kappa shape index (κ1) is 12.5. The first-order valence-electron chi connectivity index (χ1n) is 6.60. The third-order valence-corrected chi connectivity index (χ3v) is 3.66. The minimum Gasteiger partial charge on any atom is -0.510 e. The van der Waals surface area contributed by atoms with Gasteiger partial charge in [-0.15, -0.1) is 0 Å². The molecule has 0 spiro atoms. The Morgan fingerprint density at radius 2 is 2.25 bits per heavy atom. The lowest BCUT2D eigenvalue weighted by Gasteiger charge is -2.09. The third kappa shape index (κ3) is 2.21. The highest BCUT2D eigenvalue weighted by atomic mass is 16.5. The normalized spacial score (nSPS) is 21.4. The molecule has 1 saturated carbocycles. The third-order valence-electron chi connectivity index (χ3n) is 3.66. The number of nitriles is 1. The van der Waals surface area contributed by atoms with Gasteiger partial charge in [0.2, 0.25) is 0 Å². The van der Waals surface area contributed by atoms with Crippen molar-refractivity contribution in [1.29, 1.82) is 5.26 Å². The zero-order valence-electron chi connectivity index (χ0n) is 10.8. The number of fused-ring (bicyclic) bond motifs is 1. The van der Waals surface area contributed by atoms with Crippen molar-refractivity contribution in [2.24, 2.45) is 5.92 Å². The van der Waals surface area contributed by atoms with E-state index in [-0.39, 0.29) is 17.3 Å². The van der Waals surface area contributed by atoms with Crippen LogP contribution in [0.4, 0.5) is 0 Å². The molecule has 0 aromatic carbocycles. The Balaban J connectivity index is 1.81. The summed E-state index contributed by atoms with van der Waals surface area (Å²) < 4.78 is 5.09. The van der Waals surface area contributed by atoms with E-state index in [0.29, 0.717) is 6.42 Å². The van der Waals surface area contributed by atoms with E-state index in [1.54, 1.807) is 24.7 Å². The zero-order valence-corrected chi connectivity index (χ0v) is 10.8. The van der Waals surface area contributed by atoms with Crippen molar-refractivity contribution in [3.63, 3.8) is 0 Å². The molecule has 2 N–H and O–H groups in total. The van der Waals surface area contributed by atoms with Gasteiger partial charge in [0, 0.05) is 17.2 Å². The van der Waals surface area contributed by atoms with E-state index in [1.165, 1.54) is 0 Å². The van der Waals surface area contributed by atoms with E-state index in [0.717, 1.165) is 36.1 Å². The van der Waals surface area contributed by atoms with Gasteiger partial charge in [-0.2, -0.15) is 5.26 Å². The van der Waals surface area contributed by atoms with Gasteiger partial charge in [-0.1, -0.05) is 0 Å². The standard InChI is InChI=1S/C15H14N2O3/c16-7-12(14(18)9-1-2-9)15(19)17-13-4-3-10-8-20-6-5-11(10)13/h5-6,8-9,18H,1-4H2,(H,17,19). The van der Waals surface area contributed by atoms with E-state index < -0.39 is 5.91 Å². The Labute approximate surface area is 116 Å². The first-order chi connectivity index (χ1) is 9.70. The molecule has 5 heteroatoms. The zero-order chi connectivity index (χ0) is 14.1. The number of hydrogen-bond acceptors (Lipinski definition) is 4. The molecule has 0 bridgehead atoms. The number of nitrogens with zero attached hydrogens (tertiary/aromatic N) is 1. The summed E-state index contributed by atoms with van der Waals surface area (Å²) in [6, 6.07) is 1.81. The van der Waals surface area contributed by atoms with Crippen molar-refractivity contribution in [3.05, 3.63) is 46.8 Å². The molecule has 20 heavy (non-hydrogen) atoms. The lowest BCUT2D eigenvalue weighted by atomic mass is 10.1. The predicted octanol–water partition coefficient (Wildman–Crippen LogP) is 2.32. The fourth-order valence-corrected chi connectivity index (χ4v) is 2.40. The maximum Gasteiger partial charge on any atom is 0.269 e. The molecule has 5 nitrogen and oxygen atoms in total. The van der Waals surface area contributed by atoms with Crippen molar-refractivity contribution < 1.29 is 14.6 Å². The maximum atomic E-state index is 12.1. The van der Waals surface area contributed by atoms with Crippen molar-refractivity contribution >= 4 is 5.91 Å². The van der Waals surface area contributed by atoms with Crippen molar-refractivity contribution in [1.82, 2.24) is 5.32 Å². The average Bonchev–Trinajstić information content (AvgIpc) is 3.23. The van der Waals surface area contributed by atoms with Crippen LogP contribution >= 0.6 is 0 Å². The summed E-state index contributed by atoms with van der Waals surface area (Å²) >= 11 is 0. The highest BCUT2D eigenvalue weighted by molar-refractivity contribution is 5.99. The largest absolute Gasteiger partial charge is 0.510 e. The highest BCUT2D eigenvalue weighted by Crippen LogP contribution is 2.37. The number of allylic oxidation sites excluding steroid dienone is 5. The Hall–Kier alpha value is -2.48. The van der Waals surface area contributed by atoms with Crippen LogP contribution in [0.2, 0.25) is 0 Å². The number of nitrogens with one attached hydrogen (secondary N) is 1. The van der Waals surface area contributed by atoms with Gasteiger partial charge in [0.25, 0.3) is 5.91 Å². The molecule has 3 aliphatic rings. The number of carbonyl (C=O) groups excluding carboxylic acids is 1. The highest BCUT2D eigenvalue weighted by Gasteiger charge is 2.31. The summed E-state index contributed by atoms with van der Waals surface area (Å²) in [5.41, 5.74) is 2.58. The summed E-state index contributed by atoms with van der Waals surface area (Å²) in [5, 5.41) is 21.7. The van der Waals surface area contributed by atoms with Crippen LogP contribution in [0.5, 0.6) is 0 Å². The van der Waals surface area contributed by atoms with E-state index in [2.05, 4.69) is 5.32 Å². The molecule has 1 fully saturated rings. The fourth-order valence-electron chi connectivity index (χ4n) is 2.40. The molecule has 0 saturated heterocycles. The molecular weight excluding hydrogens is 256 g/mol. The fraction of sp³-hybridized carbons (Fsp3) is 0.333. The number of hydrogen-bond donors (Lipinski definition) is 2. The topological polar surface area (TPSA) is 82.4 Å². The average molecular weight is 270 g/mol. The summed E-state index contributed by atoms with van der Waals surface area (Å²) in [6.45, 7) is 0. The summed E-state index contributed by atoms with van der Waals surface area (Å²) in [6.07, 6.45) is 8.19. The van der Waals surface area contributed by atoms with Gasteiger partial charge in [-0.3, -0.25) is 4.79 Å². The number of ether oxygens (including phenoxy) is 1. The number of amides is 1. The van der Waals surface area contributed by atoms with Crippen LogP contribution in [0, 0.1) is 17.2 Å². The molecule has 1 heterocycles. The molecule has 1 amide bonds. The minimum atomic E-state index is -0.527. The van der Waals surface area contributed by atoms with E-state index in [9.17, 15) is 9.90 Å². The van der Waals surface area contributed by atoms with Crippen LogP contribution in [0.1, 0.15) is 25.7 Å². The molecular formula is C15H14N2O3. The van der Waals surface area contributed by atoms with Crippen LogP contribution < -0.4 is 5.32 Å². The first-order valence-corrected chi connectivity index (χ1v) is 6.60. The molecule has 2 aliphatic carbocycles. The predicted molar refractivity (Wildman–Crippen MR) is 70.7 cm³/mol. The van der Waals surface area contributed by atoms with Crippen LogP contribution in [-0.4, -0.2) is 11.0 Å². The van der Waals surface area contributed by atoms with E-state index in [1.807, 2.05) is 0 Å². The van der Waals surface area contributed by atoms with Gasteiger partial charge in [-0.25, -0.2) is 0 Å². The molecule has 102 valence electrons. The van der Waals surface area contributed by atoms with Gasteiger partial charge >= 0.3 is 0 Å². The van der Waals surface area contributed by atoms with Gasteiger partial charge in [-0.05, 0) is 37.3 Å². The lowest BCUT2D eigenvalue weighted by Crippen LogP contribution is -2.25. The van der Waals surface area contributed by atoms with Crippen LogP contribution in [0.25, 0.3) is 0 Å². The second kappa shape index (κ2) is 4.89. The molecule has 1 aliphatic heterocycles. The molecule has 0 aromatic rings. The molecule has 0 aromatic heterocycles. The SMILES string of the molecule is N#CC(C(=O)NC1=C2C=COC=C2CC1)=C(O)C1CC1. The smallest absolute Gasteiger partial charge is 0.269 e. The monoisotopic (exact) mass is 270 g/mol. The molecule has 0 radical (unpaired) electrons. The van der Waals surface area contributed by atoms with Gasteiger partial charge in [0.15, 0.2) is 5.57 Å². The second-order valence-electron chi connectivity index (χ2n) is 5.07. The van der Waals surface area contributed by atoms with Crippen molar-refractivity contribution in [2.45, 2.75) is 25.7 Å². The number of aliphatic hydroxyl groups excluding tert-OH is 1. The van der Waals surface area contributed by atoms with Crippen LogP contribution in [-0.2, 0) is 9.53 Å². The van der Waals surface area contributed by atoms with Crippen LogP contribution in [0.15, 0.2) is 46.8 Å². The van der Waals surface area contributed by atoms with Crippen molar-refractivity contribution in [3.8, 4) is 6.07 Å². The number of carbonyl (C=O) groups is 1. The second-order valence-corrected chi connectivity index (χ2v) is 5.07. The van der Waals surface area contributed by atoms with E-state index >= 15 is 0 Å². The molecule has 0 unspecified atom stereocenters. The Morgan fingerprint density at radius 1 is 1.45 bits per heavy atom. The number of aliphatic hydroxyl groups is 1. The maximum absolute atomic E-state index is 12.1. The molecule has 0 atom stereocenters. The van der Waals surface area contributed by atoms with Gasteiger partial charge in [0.05, 0.1) is 12.5 Å². The van der Waals surface area contributed by atoms with E-state index in [4.69, 9.17) is 10.00 Å². The lowest BCUT2D eigenvalue weighted by molar-refractivity contribution is -0.116. The van der Waals surface area contributed by atoms with Gasteiger partial charge < -0.3 is 15.2 Å². The quantitative estimate of drug-likeness (QED) is 0.468.